The fourth-order valence-electron chi connectivity index (χ4n) is 1.57. The molecule has 0 unspecified atom stereocenters. The van der Waals surface area contributed by atoms with E-state index in [0.29, 0.717) is 10.5 Å². The summed E-state index contributed by atoms with van der Waals surface area (Å²) in [6.07, 6.45) is 0. The first-order valence-electron chi connectivity index (χ1n) is 5.29. The Kier molecular flexibility index (Phi) is 4.57. The quantitative estimate of drug-likeness (QED) is 0.822. The summed E-state index contributed by atoms with van der Waals surface area (Å²) < 4.78 is 13.2. The Morgan fingerprint density at radius 2 is 1.63 bits per heavy atom. The van der Waals surface area contributed by atoms with E-state index < -0.39 is 36.8 Å². The van der Waals surface area contributed by atoms with E-state index in [2.05, 4.69) is 0 Å². The van der Waals surface area contributed by atoms with Crippen LogP contribution in [0.5, 0.6) is 0 Å². The molecule has 0 aliphatic carbocycles. The molecule has 0 heterocycles. The number of nitrogens with zero attached hydrogens (tertiary/aromatic N) is 1. The SMILES string of the molecule is Cc1cc(F)cc(C(=O)N(CC(=O)O)CC(=O)O)c1. The summed E-state index contributed by atoms with van der Waals surface area (Å²) >= 11 is 0. The lowest BCUT2D eigenvalue weighted by atomic mass is 10.1. The molecule has 0 bridgehead atoms. The molecule has 0 fully saturated rings. The highest BCUT2D eigenvalue weighted by Crippen LogP contribution is 2.11. The molecule has 6 nitrogen and oxygen atoms in total. The fraction of sp³-hybridized carbons (Fsp3) is 0.250. The summed E-state index contributed by atoms with van der Waals surface area (Å²) in [5, 5.41) is 17.3. The first-order chi connectivity index (χ1) is 8.79. The van der Waals surface area contributed by atoms with E-state index in [1.807, 2.05) is 0 Å². The van der Waals surface area contributed by atoms with Gasteiger partial charge in [0.2, 0.25) is 0 Å². The van der Waals surface area contributed by atoms with E-state index in [1.165, 1.54) is 12.1 Å². The van der Waals surface area contributed by atoms with Crippen LogP contribution in [-0.4, -0.2) is 46.0 Å². The van der Waals surface area contributed by atoms with Crippen LogP contribution in [0.1, 0.15) is 15.9 Å². The molecule has 1 aromatic carbocycles. The van der Waals surface area contributed by atoms with E-state index in [4.69, 9.17) is 10.2 Å². The van der Waals surface area contributed by atoms with Crippen molar-refractivity contribution >= 4 is 17.8 Å². The molecular weight excluding hydrogens is 257 g/mol. The van der Waals surface area contributed by atoms with Gasteiger partial charge in [0.15, 0.2) is 0 Å². The van der Waals surface area contributed by atoms with Crippen LogP contribution in [0.4, 0.5) is 4.39 Å². The molecule has 19 heavy (non-hydrogen) atoms. The number of benzene rings is 1. The second kappa shape index (κ2) is 5.94. The summed E-state index contributed by atoms with van der Waals surface area (Å²) in [6, 6.07) is 3.50. The highest BCUT2D eigenvalue weighted by Gasteiger charge is 2.21. The molecule has 102 valence electrons. The maximum atomic E-state index is 13.2. The van der Waals surface area contributed by atoms with Crippen molar-refractivity contribution in [2.75, 3.05) is 13.1 Å². The smallest absolute Gasteiger partial charge is 0.323 e. The Bertz CT molecular complexity index is 493. The molecule has 0 atom stereocenters. The van der Waals surface area contributed by atoms with Gasteiger partial charge in [-0.1, -0.05) is 0 Å². The Morgan fingerprint density at radius 3 is 2.05 bits per heavy atom. The van der Waals surface area contributed by atoms with E-state index in [0.717, 1.165) is 6.07 Å². The number of aryl methyl sites for hydroxylation is 1. The molecule has 1 aromatic rings. The van der Waals surface area contributed by atoms with Gasteiger partial charge < -0.3 is 15.1 Å². The number of hydrogen-bond donors (Lipinski definition) is 2. The highest BCUT2D eigenvalue weighted by atomic mass is 19.1. The number of carboxylic acids is 2. The predicted octanol–water partition coefficient (Wildman–Crippen LogP) is 0.746. The van der Waals surface area contributed by atoms with Gasteiger partial charge in [0.1, 0.15) is 18.9 Å². The van der Waals surface area contributed by atoms with Crippen molar-refractivity contribution in [3.63, 3.8) is 0 Å². The molecule has 1 rings (SSSR count). The van der Waals surface area contributed by atoms with Crippen molar-refractivity contribution in [1.29, 1.82) is 0 Å². The summed E-state index contributed by atoms with van der Waals surface area (Å²) in [5.41, 5.74) is 0.397. The lowest BCUT2D eigenvalue weighted by molar-refractivity contribution is -0.140. The number of hydrogen-bond acceptors (Lipinski definition) is 3. The summed E-state index contributed by atoms with van der Waals surface area (Å²) in [4.78, 5) is 33.8. The largest absolute Gasteiger partial charge is 0.480 e. The Hall–Kier alpha value is -2.44. The van der Waals surface area contributed by atoms with Crippen LogP contribution < -0.4 is 0 Å². The molecule has 0 saturated carbocycles. The first kappa shape index (κ1) is 14.6. The average molecular weight is 269 g/mol. The van der Waals surface area contributed by atoms with Crippen molar-refractivity contribution in [3.8, 4) is 0 Å². The van der Waals surface area contributed by atoms with Crippen molar-refractivity contribution in [2.24, 2.45) is 0 Å². The number of rotatable bonds is 5. The minimum atomic E-state index is -1.34. The molecule has 0 radical (unpaired) electrons. The third-order valence-corrected chi connectivity index (χ3v) is 2.23. The Labute approximate surface area is 108 Å². The van der Waals surface area contributed by atoms with Gasteiger partial charge in [0, 0.05) is 5.56 Å². The van der Waals surface area contributed by atoms with E-state index >= 15 is 0 Å². The fourth-order valence-corrected chi connectivity index (χ4v) is 1.57. The zero-order chi connectivity index (χ0) is 14.6. The number of carbonyl (C=O) groups is 3. The maximum Gasteiger partial charge on any atom is 0.323 e. The van der Waals surface area contributed by atoms with Gasteiger partial charge in [-0.15, -0.1) is 0 Å². The van der Waals surface area contributed by atoms with Gasteiger partial charge in [-0.2, -0.15) is 0 Å². The van der Waals surface area contributed by atoms with Gasteiger partial charge in [0.25, 0.3) is 5.91 Å². The van der Waals surface area contributed by atoms with Crippen LogP contribution in [0.25, 0.3) is 0 Å². The summed E-state index contributed by atoms with van der Waals surface area (Å²) in [5.74, 6) is -4.17. The zero-order valence-corrected chi connectivity index (χ0v) is 10.1. The van der Waals surface area contributed by atoms with E-state index in [9.17, 15) is 18.8 Å². The van der Waals surface area contributed by atoms with Gasteiger partial charge in [-0.3, -0.25) is 14.4 Å². The Morgan fingerprint density at radius 1 is 1.11 bits per heavy atom. The summed E-state index contributed by atoms with van der Waals surface area (Å²) in [7, 11) is 0. The van der Waals surface area contributed by atoms with Gasteiger partial charge in [0.05, 0.1) is 0 Å². The van der Waals surface area contributed by atoms with Crippen molar-refractivity contribution in [3.05, 3.63) is 35.1 Å². The van der Waals surface area contributed by atoms with Crippen LogP contribution in [0, 0.1) is 12.7 Å². The molecule has 0 spiro atoms. The molecular formula is C12H12FNO5. The predicted molar refractivity (Wildman–Crippen MR) is 62.3 cm³/mol. The van der Waals surface area contributed by atoms with Crippen LogP contribution >= 0.6 is 0 Å². The van der Waals surface area contributed by atoms with Crippen LogP contribution in [0.2, 0.25) is 0 Å². The van der Waals surface area contributed by atoms with Crippen LogP contribution in [0.3, 0.4) is 0 Å². The Balaban J connectivity index is 3.03. The summed E-state index contributed by atoms with van der Waals surface area (Å²) in [6.45, 7) is 0.0416. The van der Waals surface area contributed by atoms with Crippen molar-refractivity contribution < 1.29 is 29.0 Å². The van der Waals surface area contributed by atoms with Gasteiger partial charge in [-0.25, -0.2) is 4.39 Å². The number of amides is 1. The number of aliphatic carboxylic acids is 2. The van der Waals surface area contributed by atoms with Crippen LogP contribution in [-0.2, 0) is 9.59 Å². The number of halogens is 1. The van der Waals surface area contributed by atoms with Crippen molar-refractivity contribution in [1.82, 2.24) is 4.90 Å². The first-order valence-corrected chi connectivity index (χ1v) is 5.29. The van der Waals surface area contributed by atoms with Crippen LogP contribution in [0.15, 0.2) is 18.2 Å². The van der Waals surface area contributed by atoms with Gasteiger partial charge >= 0.3 is 11.9 Å². The lowest BCUT2D eigenvalue weighted by Gasteiger charge is -2.18. The van der Waals surface area contributed by atoms with E-state index in [-0.39, 0.29) is 5.56 Å². The minimum Gasteiger partial charge on any atom is -0.480 e. The monoisotopic (exact) mass is 269 g/mol. The lowest BCUT2D eigenvalue weighted by Crippen LogP contribution is -2.39. The minimum absolute atomic E-state index is 0.0833. The van der Waals surface area contributed by atoms with Crippen molar-refractivity contribution in [2.45, 2.75) is 6.92 Å². The second-order valence-corrected chi connectivity index (χ2v) is 3.97. The van der Waals surface area contributed by atoms with Gasteiger partial charge in [-0.05, 0) is 30.7 Å². The maximum absolute atomic E-state index is 13.2. The third-order valence-electron chi connectivity index (χ3n) is 2.23. The van der Waals surface area contributed by atoms with E-state index in [1.54, 1.807) is 6.92 Å². The molecule has 0 aliphatic heterocycles. The molecule has 2 N–H and O–H groups in total. The third kappa shape index (κ3) is 4.38. The molecule has 1 amide bonds. The number of carbonyl (C=O) groups excluding carboxylic acids is 1. The molecule has 0 saturated heterocycles. The second-order valence-electron chi connectivity index (χ2n) is 3.97. The normalized spacial score (nSPS) is 10.0. The topological polar surface area (TPSA) is 94.9 Å². The highest BCUT2D eigenvalue weighted by molar-refractivity contribution is 5.97. The molecule has 7 heteroatoms. The average Bonchev–Trinajstić information content (AvgIpc) is 2.24. The number of carboxylic acid groups (broad SMARTS) is 2. The molecule has 0 aliphatic rings. The zero-order valence-electron chi connectivity index (χ0n) is 10.1. The molecule has 0 aromatic heterocycles. The standard InChI is InChI=1S/C12H12FNO5/c1-7-2-8(4-9(13)3-7)12(19)14(5-10(15)16)6-11(17)18/h2-4H,5-6H2,1H3,(H,15,16)(H,17,18).